The van der Waals surface area contributed by atoms with Crippen LogP contribution in [-0.2, 0) is 9.47 Å². The average Bonchev–Trinajstić information content (AvgIpc) is 2.46. The first kappa shape index (κ1) is 19.1. The van der Waals surface area contributed by atoms with Gasteiger partial charge in [-0.15, -0.1) is 0 Å². The second kappa shape index (κ2) is 9.25. The Labute approximate surface area is 136 Å². The fourth-order valence-corrected chi connectivity index (χ4v) is 2.67. The second-order valence-corrected chi connectivity index (χ2v) is 12.6. The SMILES string of the molecule is C=C(C[C@@H](O)c1ccccc1)[C@@H](C)OCOCC[Si](C)(C)C. The molecule has 0 aliphatic rings. The molecule has 22 heavy (non-hydrogen) atoms. The van der Waals surface area contributed by atoms with Crippen molar-refractivity contribution in [3.63, 3.8) is 0 Å². The highest BCUT2D eigenvalue weighted by Crippen LogP contribution is 2.22. The molecule has 1 N–H and O–H groups in total. The first-order chi connectivity index (χ1) is 10.3. The molecule has 1 aromatic rings. The van der Waals surface area contributed by atoms with Crippen LogP contribution in [0, 0.1) is 0 Å². The zero-order chi connectivity index (χ0) is 16.6. The van der Waals surface area contributed by atoms with Crippen molar-refractivity contribution in [2.75, 3.05) is 13.4 Å². The number of ether oxygens (including phenoxy) is 2. The maximum absolute atomic E-state index is 10.2. The van der Waals surface area contributed by atoms with E-state index in [2.05, 4.69) is 26.2 Å². The van der Waals surface area contributed by atoms with E-state index < -0.39 is 14.2 Å². The Morgan fingerprint density at radius 1 is 1.23 bits per heavy atom. The van der Waals surface area contributed by atoms with Crippen LogP contribution in [0.1, 0.15) is 25.0 Å². The highest BCUT2D eigenvalue weighted by molar-refractivity contribution is 6.76. The molecule has 4 heteroatoms. The molecule has 0 saturated heterocycles. The molecule has 0 aliphatic heterocycles. The summed E-state index contributed by atoms with van der Waals surface area (Å²) in [5.41, 5.74) is 1.78. The fourth-order valence-electron chi connectivity index (χ4n) is 1.91. The van der Waals surface area contributed by atoms with Crippen molar-refractivity contribution in [3.05, 3.63) is 48.0 Å². The van der Waals surface area contributed by atoms with Crippen molar-refractivity contribution in [1.29, 1.82) is 0 Å². The van der Waals surface area contributed by atoms with Crippen LogP contribution < -0.4 is 0 Å². The third-order valence-electron chi connectivity index (χ3n) is 3.61. The van der Waals surface area contributed by atoms with Gasteiger partial charge in [0.05, 0.1) is 12.2 Å². The predicted octanol–water partition coefficient (Wildman–Crippen LogP) is 4.38. The topological polar surface area (TPSA) is 38.7 Å². The van der Waals surface area contributed by atoms with Gasteiger partial charge in [-0.25, -0.2) is 0 Å². The van der Waals surface area contributed by atoms with Gasteiger partial charge >= 0.3 is 0 Å². The minimum Gasteiger partial charge on any atom is -0.388 e. The van der Waals surface area contributed by atoms with Crippen LogP contribution >= 0.6 is 0 Å². The molecule has 0 amide bonds. The third kappa shape index (κ3) is 7.89. The van der Waals surface area contributed by atoms with E-state index in [1.807, 2.05) is 37.3 Å². The van der Waals surface area contributed by atoms with Gasteiger partial charge in [-0.1, -0.05) is 56.6 Å². The number of rotatable bonds is 10. The molecule has 0 aromatic heterocycles. The minimum absolute atomic E-state index is 0.120. The number of aliphatic hydroxyl groups excluding tert-OH is 1. The minimum atomic E-state index is -1.05. The van der Waals surface area contributed by atoms with Crippen molar-refractivity contribution in [2.24, 2.45) is 0 Å². The summed E-state index contributed by atoms with van der Waals surface area (Å²) in [6, 6.07) is 10.8. The Bertz CT molecular complexity index is 439. The Hall–Kier alpha value is -0.943. The van der Waals surface area contributed by atoms with Gasteiger partial charge in [0.2, 0.25) is 0 Å². The largest absolute Gasteiger partial charge is 0.388 e. The summed E-state index contributed by atoms with van der Waals surface area (Å²) < 4.78 is 11.2. The number of aliphatic hydroxyl groups is 1. The zero-order valence-corrected chi connectivity index (χ0v) is 15.3. The summed E-state index contributed by atoms with van der Waals surface area (Å²) in [5.74, 6) is 0. The van der Waals surface area contributed by atoms with E-state index in [0.717, 1.165) is 23.8 Å². The Morgan fingerprint density at radius 2 is 1.86 bits per heavy atom. The fraction of sp³-hybridized carbons (Fsp3) is 0.556. The molecular weight excluding hydrogens is 292 g/mol. The van der Waals surface area contributed by atoms with Crippen molar-refractivity contribution >= 4 is 8.07 Å². The number of benzene rings is 1. The van der Waals surface area contributed by atoms with Crippen LogP contribution in [0.5, 0.6) is 0 Å². The van der Waals surface area contributed by atoms with Crippen LogP contribution in [0.15, 0.2) is 42.5 Å². The Kier molecular flexibility index (Phi) is 8.04. The molecule has 1 rings (SSSR count). The normalized spacial score (nSPS) is 14.6. The lowest BCUT2D eigenvalue weighted by Gasteiger charge is -2.20. The smallest absolute Gasteiger partial charge is 0.147 e. The van der Waals surface area contributed by atoms with Gasteiger partial charge in [0.25, 0.3) is 0 Å². The molecule has 3 nitrogen and oxygen atoms in total. The first-order valence-electron chi connectivity index (χ1n) is 7.89. The van der Waals surface area contributed by atoms with Crippen LogP contribution in [-0.4, -0.2) is 32.7 Å². The standard InChI is InChI=1S/C18H30O3Si/c1-15(13-18(19)17-9-7-6-8-10-17)16(2)21-14-20-11-12-22(3,4)5/h6-10,16,18-19H,1,11-14H2,2-5H3/t16-,18-/m1/s1. The Balaban J connectivity index is 2.25. The molecule has 0 heterocycles. The van der Waals surface area contributed by atoms with E-state index in [-0.39, 0.29) is 12.9 Å². The van der Waals surface area contributed by atoms with E-state index in [0.29, 0.717) is 6.42 Å². The van der Waals surface area contributed by atoms with E-state index >= 15 is 0 Å². The van der Waals surface area contributed by atoms with Gasteiger partial charge in [-0.05, 0) is 24.1 Å². The van der Waals surface area contributed by atoms with E-state index in [4.69, 9.17) is 9.47 Å². The van der Waals surface area contributed by atoms with Gasteiger partial charge in [0, 0.05) is 21.1 Å². The molecule has 0 radical (unpaired) electrons. The highest BCUT2D eigenvalue weighted by Gasteiger charge is 2.15. The van der Waals surface area contributed by atoms with E-state index in [9.17, 15) is 5.11 Å². The summed E-state index contributed by atoms with van der Waals surface area (Å²) in [5, 5.41) is 10.2. The molecule has 0 aliphatic carbocycles. The number of hydrogen-bond acceptors (Lipinski definition) is 3. The van der Waals surface area contributed by atoms with Crippen LogP contribution in [0.3, 0.4) is 0 Å². The maximum atomic E-state index is 10.2. The van der Waals surface area contributed by atoms with Gasteiger partial charge in [-0.3, -0.25) is 0 Å². The quantitative estimate of drug-likeness (QED) is 0.301. The molecule has 0 fully saturated rings. The summed E-state index contributed by atoms with van der Waals surface area (Å²) in [7, 11) is -1.05. The Morgan fingerprint density at radius 3 is 2.45 bits per heavy atom. The van der Waals surface area contributed by atoms with Crippen molar-refractivity contribution < 1.29 is 14.6 Å². The van der Waals surface area contributed by atoms with Gasteiger partial charge in [-0.2, -0.15) is 0 Å². The summed E-state index contributed by atoms with van der Waals surface area (Å²) in [4.78, 5) is 0. The highest BCUT2D eigenvalue weighted by atomic mass is 28.3. The molecular formula is C18H30O3Si. The number of hydrogen-bond donors (Lipinski definition) is 1. The summed E-state index contributed by atoms with van der Waals surface area (Å²) >= 11 is 0. The lowest BCUT2D eigenvalue weighted by atomic mass is 10.00. The second-order valence-electron chi connectivity index (χ2n) is 6.93. The third-order valence-corrected chi connectivity index (χ3v) is 5.32. The van der Waals surface area contributed by atoms with E-state index in [1.54, 1.807) is 0 Å². The van der Waals surface area contributed by atoms with Gasteiger partial charge < -0.3 is 14.6 Å². The molecule has 0 unspecified atom stereocenters. The predicted molar refractivity (Wildman–Crippen MR) is 94.7 cm³/mol. The van der Waals surface area contributed by atoms with Crippen molar-refractivity contribution in [1.82, 2.24) is 0 Å². The molecule has 2 atom stereocenters. The lowest BCUT2D eigenvalue weighted by Crippen LogP contribution is -2.22. The van der Waals surface area contributed by atoms with E-state index in [1.165, 1.54) is 0 Å². The monoisotopic (exact) mass is 322 g/mol. The lowest BCUT2D eigenvalue weighted by molar-refractivity contribution is -0.0712. The summed E-state index contributed by atoms with van der Waals surface area (Å²) in [6.45, 7) is 14.0. The van der Waals surface area contributed by atoms with Crippen LogP contribution in [0.2, 0.25) is 25.7 Å². The summed E-state index contributed by atoms with van der Waals surface area (Å²) in [6.07, 6.45) is -0.155. The van der Waals surface area contributed by atoms with Crippen LogP contribution in [0.4, 0.5) is 0 Å². The molecule has 0 saturated carbocycles. The molecule has 0 spiro atoms. The zero-order valence-electron chi connectivity index (χ0n) is 14.3. The van der Waals surface area contributed by atoms with Crippen LogP contribution in [0.25, 0.3) is 0 Å². The maximum Gasteiger partial charge on any atom is 0.147 e. The van der Waals surface area contributed by atoms with Crippen molar-refractivity contribution in [3.8, 4) is 0 Å². The average molecular weight is 323 g/mol. The molecule has 124 valence electrons. The first-order valence-corrected chi connectivity index (χ1v) is 11.6. The van der Waals surface area contributed by atoms with Crippen molar-refractivity contribution in [2.45, 2.75) is 51.2 Å². The van der Waals surface area contributed by atoms with Gasteiger partial charge in [0.1, 0.15) is 6.79 Å². The molecule has 1 aromatic carbocycles. The van der Waals surface area contributed by atoms with Gasteiger partial charge in [0.15, 0.2) is 0 Å². The molecule has 0 bridgehead atoms.